The minimum atomic E-state index is -3.16. The number of alkyl halides is 1. The number of aromatic nitrogens is 2. The first-order chi connectivity index (χ1) is 6.53. The molecule has 7 heteroatoms. The zero-order valence-electron chi connectivity index (χ0n) is 7.77. The van der Waals surface area contributed by atoms with Crippen LogP contribution < -0.4 is 4.72 Å². The SMILES string of the molecule is Cc1cnn(CCNS(=O)(=O)CBr)c1. The lowest BCUT2D eigenvalue weighted by atomic mass is 10.4. The normalized spacial score (nSPS) is 11.9. The van der Waals surface area contributed by atoms with Crippen molar-refractivity contribution in [3.8, 4) is 0 Å². The molecule has 1 aromatic rings. The summed E-state index contributed by atoms with van der Waals surface area (Å²) in [6.07, 6.45) is 3.60. The highest BCUT2D eigenvalue weighted by molar-refractivity contribution is 9.10. The minimum absolute atomic E-state index is 0.0713. The van der Waals surface area contributed by atoms with Crippen LogP contribution in [0.15, 0.2) is 12.4 Å². The van der Waals surface area contributed by atoms with Gasteiger partial charge in [0.25, 0.3) is 0 Å². The maximum atomic E-state index is 11.0. The van der Waals surface area contributed by atoms with Gasteiger partial charge in [-0.25, -0.2) is 13.1 Å². The monoisotopic (exact) mass is 281 g/mol. The van der Waals surface area contributed by atoms with Crippen molar-refractivity contribution in [1.82, 2.24) is 14.5 Å². The Morgan fingerprint density at radius 1 is 1.64 bits per heavy atom. The number of hydrogen-bond acceptors (Lipinski definition) is 3. The van der Waals surface area contributed by atoms with Crippen LogP contribution in [0, 0.1) is 6.92 Å². The topological polar surface area (TPSA) is 64.0 Å². The first kappa shape index (κ1) is 11.7. The molecule has 0 amide bonds. The molecule has 0 aliphatic heterocycles. The van der Waals surface area contributed by atoms with Crippen LogP contribution in [0.4, 0.5) is 0 Å². The molecule has 5 nitrogen and oxygen atoms in total. The predicted octanol–water partition coefficient (Wildman–Crippen LogP) is 0.463. The van der Waals surface area contributed by atoms with Gasteiger partial charge in [0.15, 0.2) is 0 Å². The fourth-order valence-corrected chi connectivity index (χ4v) is 1.91. The third kappa shape index (κ3) is 3.77. The summed E-state index contributed by atoms with van der Waals surface area (Å²) in [5.74, 6) is 0. The Balaban J connectivity index is 2.36. The van der Waals surface area contributed by atoms with Gasteiger partial charge in [0.1, 0.15) is 4.66 Å². The number of nitrogens with zero attached hydrogens (tertiary/aromatic N) is 2. The van der Waals surface area contributed by atoms with E-state index in [1.165, 1.54) is 0 Å². The highest BCUT2D eigenvalue weighted by Gasteiger charge is 2.05. The molecule has 0 unspecified atom stereocenters. The van der Waals surface area contributed by atoms with Crippen molar-refractivity contribution >= 4 is 26.0 Å². The van der Waals surface area contributed by atoms with Gasteiger partial charge in [0, 0.05) is 12.7 Å². The van der Waals surface area contributed by atoms with E-state index in [0.717, 1.165) is 5.56 Å². The van der Waals surface area contributed by atoms with Crippen LogP contribution in [0.25, 0.3) is 0 Å². The predicted molar refractivity (Wildman–Crippen MR) is 57.7 cm³/mol. The summed E-state index contributed by atoms with van der Waals surface area (Å²) in [5, 5.41) is 4.03. The first-order valence-electron chi connectivity index (χ1n) is 4.06. The Labute approximate surface area is 91.7 Å². The molecule has 0 saturated heterocycles. The summed E-state index contributed by atoms with van der Waals surface area (Å²) in [7, 11) is -3.16. The number of aryl methyl sites for hydroxylation is 1. The van der Waals surface area contributed by atoms with E-state index in [-0.39, 0.29) is 4.66 Å². The van der Waals surface area contributed by atoms with Gasteiger partial charge in [-0.2, -0.15) is 5.10 Å². The van der Waals surface area contributed by atoms with Gasteiger partial charge in [-0.3, -0.25) is 4.68 Å². The number of halogens is 1. The molecule has 0 aliphatic carbocycles. The lowest BCUT2D eigenvalue weighted by Gasteiger charge is -2.03. The summed E-state index contributed by atoms with van der Waals surface area (Å²) in [4.78, 5) is 0. The molecule has 0 aliphatic rings. The van der Waals surface area contributed by atoms with Gasteiger partial charge in [-0.15, -0.1) is 0 Å². The van der Waals surface area contributed by atoms with Crippen LogP contribution >= 0.6 is 15.9 Å². The van der Waals surface area contributed by atoms with E-state index in [2.05, 4.69) is 25.8 Å². The molecule has 14 heavy (non-hydrogen) atoms. The summed E-state index contributed by atoms with van der Waals surface area (Å²) < 4.78 is 26.1. The second kappa shape index (κ2) is 4.90. The second-order valence-electron chi connectivity index (χ2n) is 2.90. The van der Waals surface area contributed by atoms with Crippen molar-refractivity contribution in [1.29, 1.82) is 0 Å². The molecular formula is C7H12BrN3O2S. The number of sulfonamides is 1. The standard InChI is InChI=1S/C7H12BrN3O2S/c1-7-4-9-11(5-7)3-2-10-14(12,13)6-8/h4-5,10H,2-3,6H2,1H3. The van der Waals surface area contributed by atoms with Crippen molar-refractivity contribution < 1.29 is 8.42 Å². The summed E-state index contributed by atoms with van der Waals surface area (Å²) in [6, 6.07) is 0. The largest absolute Gasteiger partial charge is 0.271 e. The number of rotatable bonds is 5. The molecule has 1 rings (SSSR count). The van der Waals surface area contributed by atoms with Crippen LogP contribution in [0.5, 0.6) is 0 Å². The van der Waals surface area contributed by atoms with Gasteiger partial charge in [0.05, 0.1) is 12.7 Å². The average Bonchev–Trinajstić information content (AvgIpc) is 2.51. The molecular weight excluding hydrogens is 270 g/mol. The minimum Gasteiger partial charge on any atom is -0.271 e. The van der Waals surface area contributed by atoms with E-state index in [1.54, 1.807) is 10.9 Å². The second-order valence-corrected chi connectivity index (χ2v) is 6.01. The Morgan fingerprint density at radius 3 is 2.86 bits per heavy atom. The first-order valence-corrected chi connectivity index (χ1v) is 6.83. The van der Waals surface area contributed by atoms with Crippen molar-refractivity contribution in [2.45, 2.75) is 13.5 Å². The molecule has 0 fully saturated rings. The molecule has 1 aromatic heterocycles. The van der Waals surface area contributed by atoms with E-state index in [9.17, 15) is 8.42 Å². The summed E-state index contributed by atoms with van der Waals surface area (Å²) >= 11 is 2.89. The lowest BCUT2D eigenvalue weighted by Crippen LogP contribution is -2.28. The Hall–Kier alpha value is -0.400. The van der Waals surface area contributed by atoms with Crippen molar-refractivity contribution in [2.75, 3.05) is 11.2 Å². The molecule has 1 heterocycles. The van der Waals surface area contributed by atoms with E-state index in [4.69, 9.17) is 0 Å². The Morgan fingerprint density at radius 2 is 2.36 bits per heavy atom. The smallest absolute Gasteiger partial charge is 0.221 e. The van der Waals surface area contributed by atoms with E-state index in [0.29, 0.717) is 13.1 Å². The van der Waals surface area contributed by atoms with Crippen LogP contribution in [0.2, 0.25) is 0 Å². The fraction of sp³-hybridized carbons (Fsp3) is 0.571. The van der Waals surface area contributed by atoms with Gasteiger partial charge < -0.3 is 0 Å². The highest BCUT2D eigenvalue weighted by Crippen LogP contribution is 1.94. The highest BCUT2D eigenvalue weighted by atomic mass is 79.9. The molecule has 0 bridgehead atoms. The van der Waals surface area contributed by atoms with E-state index >= 15 is 0 Å². The van der Waals surface area contributed by atoms with E-state index < -0.39 is 10.0 Å². The summed E-state index contributed by atoms with van der Waals surface area (Å²) in [5.41, 5.74) is 1.06. The van der Waals surface area contributed by atoms with Gasteiger partial charge in [0.2, 0.25) is 10.0 Å². The van der Waals surface area contributed by atoms with Crippen molar-refractivity contribution in [3.05, 3.63) is 18.0 Å². The third-order valence-electron chi connectivity index (χ3n) is 1.57. The van der Waals surface area contributed by atoms with Gasteiger partial charge >= 0.3 is 0 Å². The lowest BCUT2D eigenvalue weighted by molar-refractivity contribution is 0.565. The molecule has 0 atom stereocenters. The molecule has 0 spiro atoms. The zero-order chi connectivity index (χ0) is 10.6. The molecule has 80 valence electrons. The summed E-state index contributed by atoms with van der Waals surface area (Å²) in [6.45, 7) is 2.83. The molecule has 0 aromatic carbocycles. The van der Waals surface area contributed by atoms with Crippen LogP contribution in [-0.4, -0.2) is 29.4 Å². The van der Waals surface area contributed by atoms with Gasteiger partial charge in [-0.1, -0.05) is 15.9 Å². The van der Waals surface area contributed by atoms with Crippen molar-refractivity contribution in [2.24, 2.45) is 0 Å². The van der Waals surface area contributed by atoms with E-state index in [1.807, 2.05) is 13.1 Å². The molecule has 1 N–H and O–H groups in total. The Kier molecular flexibility index (Phi) is 4.09. The quantitative estimate of drug-likeness (QED) is 0.798. The number of nitrogens with one attached hydrogen (secondary N) is 1. The molecule has 0 saturated carbocycles. The van der Waals surface area contributed by atoms with Crippen LogP contribution in [0.3, 0.4) is 0 Å². The maximum absolute atomic E-state index is 11.0. The van der Waals surface area contributed by atoms with Crippen LogP contribution in [-0.2, 0) is 16.6 Å². The molecule has 0 radical (unpaired) electrons. The zero-order valence-corrected chi connectivity index (χ0v) is 10.2. The van der Waals surface area contributed by atoms with Crippen LogP contribution in [0.1, 0.15) is 5.56 Å². The maximum Gasteiger partial charge on any atom is 0.221 e. The van der Waals surface area contributed by atoms with Crippen molar-refractivity contribution in [3.63, 3.8) is 0 Å². The number of hydrogen-bond donors (Lipinski definition) is 1. The van der Waals surface area contributed by atoms with Gasteiger partial charge in [-0.05, 0) is 12.5 Å². The average molecular weight is 282 g/mol. The Bertz CT molecular complexity index is 387. The fourth-order valence-electron chi connectivity index (χ4n) is 0.944. The third-order valence-corrected chi connectivity index (χ3v) is 4.31.